The van der Waals surface area contributed by atoms with Crippen LogP contribution in [0.2, 0.25) is 0 Å². The van der Waals surface area contributed by atoms with Gasteiger partial charge in [-0.05, 0) is 68.5 Å². The minimum absolute atomic E-state index is 0.308. The van der Waals surface area contributed by atoms with Gasteiger partial charge in [0.2, 0.25) is 0 Å². The van der Waals surface area contributed by atoms with E-state index in [1.807, 2.05) is 12.1 Å². The van der Waals surface area contributed by atoms with Crippen LogP contribution in [-0.4, -0.2) is 10.1 Å². The van der Waals surface area contributed by atoms with Crippen LogP contribution in [0.1, 0.15) is 56.7 Å². The average molecular weight is 388 g/mol. The van der Waals surface area contributed by atoms with Crippen molar-refractivity contribution in [2.24, 2.45) is 0 Å². The first-order valence-corrected chi connectivity index (χ1v) is 10.5. The molecule has 29 heavy (non-hydrogen) atoms. The zero-order valence-corrected chi connectivity index (χ0v) is 17.7. The first-order chi connectivity index (χ1) is 13.9. The van der Waals surface area contributed by atoms with Gasteiger partial charge < -0.3 is 9.84 Å². The van der Waals surface area contributed by atoms with Gasteiger partial charge in [0, 0.05) is 23.5 Å². The second kappa shape index (κ2) is 7.55. The summed E-state index contributed by atoms with van der Waals surface area (Å²) >= 11 is 0. The minimum atomic E-state index is -0.443. The Kier molecular flexibility index (Phi) is 5.08. The van der Waals surface area contributed by atoms with Crippen LogP contribution in [0.3, 0.4) is 0 Å². The minimum Gasteiger partial charge on any atom is -0.506 e. The number of hydrogen-bond acceptors (Lipinski definition) is 3. The van der Waals surface area contributed by atoms with Crippen LogP contribution < -0.4 is 4.74 Å². The van der Waals surface area contributed by atoms with Crippen molar-refractivity contribution in [2.45, 2.75) is 59.0 Å². The van der Waals surface area contributed by atoms with E-state index < -0.39 is 5.60 Å². The lowest BCUT2D eigenvalue weighted by atomic mass is 9.82. The fourth-order valence-corrected chi connectivity index (χ4v) is 4.36. The molecule has 0 saturated carbocycles. The average Bonchev–Trinajstić information content (AvgIpc) is 2.68. The van der Waals surface area contributed by atoms with Gasteiger partial charge in [-0.25, -0.2) is 0 Å². The summed E-state index contributed by atoms with van der Waals surface area (Å²) in [6, 6.07) is 12.5. The van der Waals surface area contributed by atoms with Crippen LogP contribution in [0.25, 0.3) is 22.3 Å². The summed E-state index contributed by atoms with van der Waals surface area (Å²) in [4.78, 5) is 4.15. The number of nitrogens with zero attached hydrogens (tertiary/aromatic N) is 1. The normalized spacial score (nSPS) is 14.1. The number of benzene rings is 2. The van der Waals surface area contributed by atoms with E-state index in [0.29, 0.717) is 5.75 Å². The van der Waals surface area contributed by atoms with E-state index in [0.717, 1.165) is 58.4 Å². The molecule has 0 aliphatic carbocycles. The number of unbranched alkanes of at least 4 members (excludes halogenated alkanes) is 2. The molecule has 2 aromatic carbocycles. The van der Waals surface area contributed by atoms with Crippen LogP contribution in [0.5, 0.6) is 11.5 Å². The van der Waals surface area contributed by atoms with Crippen molar-refractivity contribution >= 4 is 0 Å². The molecule has 3 aromatic rings. The molecule has 0 fully saturated rings. The highest BCUT2D eigenvalue weighted by molar-refractivity contribution is 5.90. The summed E-state index contributed by atoms with van der Waals surface area (Å²) in [5, 5.41) is 11.5. The fourth-order valence-electron chi connectivity index (χ4n) is 4.36. The molecule has 4 rings (SSSR count). The van der Waals surface area contributed by atoms with Crippen LogP contribution >= 0.6 is 0 Å². The van der Waals surface area contributed by atoms with Crippen molar-refractivity contribution in [3.05, 3.63) is 65.5 Å². The number of pyridine rings is 1. The van der Waals surface area contributed by atoms with Gasteiger partial charge in [-0.15, -0.1) is 0 Å². The van der Waals surface area contributed by atoms with Gasteiger partial charge in [-0.3, -0.25) is 4.98 Å². The molecule has 150 valence electrons. The van der Waals surface area contributed by atoms with Crippen molar-refractivity contribution in [3.8, 4) is 33.8 Å². The van der Waals surface area contributed by atoms with Crippen molar-refractivity contribution in [2.75, 3.05) is 0 Å². The monoisotopic (exact) mass is 387 g/mol. The Morgan fingerprint density at radius 3 is 2.48 bits per heavy atom. The molecule has 1 N–H and O–H groups in total. The molecule has 3 nitrogen and oxygen atoms in total. The lowest BCUT2D eigenvalue weighted by molar-refractivity contribution is 0.105. The molecule has 1 aliphatic heterocycles. The van der Waals surface area contributed by atoms with Gasteiger partial charge in [0.15, 0.2) is 0 Å². The second-order valence-electron chi connectivity index (χ2n) is 8.49. The summed E-state index contributed by atoms with van der Waals surface area (Å²) in [7, 11) is 0. The zero-order valence-electron chi connectivity index (χ0n) is 17.7. The first kappa shape index (κ1) is 19.5. The van der Waals surface area contributed by atoms with Gasteiger partial charge >= 0.3 is 0 Å². The molecule has 0 radical (unpaired) electrons. The molecule has 3 heteroatoms. The van der Waals surface area contributed by atoms with E-state index in [1.54, 1.807) is 12.4 Å². The Labute approximate surface area is 173 Å². The van der Waals surface area contributed by atoms with E-state index >= 15 is 0 Å². The lowest BCUT2D eigenvalue weighted by Gasteiger charge is -2.36. The predicted octanol–water partition coefficient (Wildman–Crippen LogP) is 6.79. The highest BCUT2D eigenvalue weighted by Gasteiger charge is 2.35. The van der Waals surface area contributed by atoms with Gasteiger partial charge in [-0.2, -0.15) is 0 Å². The van der Waals surface area contributed by atoms with E-state index in [-0.39, 0.29) is 0 Å². The predicted molar refractivity (Wildman–Crippen MR) is 118 cm³/mol. The number of ether oxygens (including phenoxy) is 1. The van der Waals surface area contributed by atoms with Crippen LogP contribution in [0, 0.1) is 6.92 Å². The third-order valence-corrected chi connectivity index (χ3v) is 5.82. The van der Waals surface area contributed by atoms with Crippen LogP contribution in [0.4, 0.5) is 0 Å². The number of phenols is 1. The Hall–Kier alpha value is -2.81. The maximum atomic E-state index is 11.5. The molecule has 0 amide bonds. The molecule has 0 atom stereocenters. The number of aryl methyl sites for hydroxylation is 2. The summed E-state index contributed by atoms with van der Waals surface area (Å²) in [6.45, 7) is 8.48. The molecular weight excluding hydrogens is 358 g/mol. The smallest absolute Gasteiger partial charge is 0.135 e. The Morgan fingerprint density at radius 1 is 1.00 bits per heavy atom. The quantitative estimate of drug-likeness (QED) is 0.490. The maximum Gasteiger partial charge on any atom is 0.135 e. The first-order valence-electron chi connectivity index (χ1n) is 10.5. The second-order valence-corrected chi connectivity index (χ2v) is 8.49. The summed E-state index contributed by atoms with van der Waals surface area (Å²) in [6.07, 6.45) is 7.89. The van der Waals surface area contributed by atoms with Gasteiger partial charge in [0.1, 0.15) is 17.1 Å². The molecule has 0 unspecified atom stereocenters. The molecule has 0 spiro atoms. The van der Waals surface area contributed by atoms with Crippen molar-refractivity contribution in [1.82, 2.24) is 4.98 Å². The molecule has 1 aliphatic rings. The number of aromatic nitrogens is 1. The molecule has 0 bridgehead atoms. The van der Waals surface area contributed by atoms with Crippen LogP contribution in [-0.2, 0) is 12.0 Å². The zero-order chi connectivity index (χ0) is 20.6. The van der Waals surface area contributed by atoms with Gasteiger partial charge in [-0.1, -0.05) is 43.5 Å². The topological polar surface area (TPSA) is 42.4 Å². The Balaban J connectivity index is 1.98. The number of rotatable bonds is 5. The Morgan fingerprint density at radius 2 is 1.76 bits per heavy atom. The van der Waals surface area contributed by atoms with Crippen LogP contribution in [0.15, 0.2) is 48.8 Å². The van der Waals surface area contributed by atoms with E-state index in [9.17, 15) is 5.11 Å². The van der Waals surface area contributed by atoms with Crippen molar-refractivity contribution < 1.29 is 9.84 Å². The molecule has 1 aromatic heterocycles. The third kappa shape index (κ3) is 3.50. The summed E-state index contributed by atoms with van der Waals surface area (Å²) < 4.78 is 6.43. The van der Waals surface area contributed by atoms with Gasteiger partial charge in [0.05, 0.1) is 5.56 Å². The standard InChI is InChI=1S/C26H29NO2/c1-5-6-7-8-19-16-22-24(25(28)23(19)18-11-13-27-14-12-18)20-15-17(2)9-10-21(20)26(3,4)29-22/h9-16,28H,5-8H2,1-4H3. The number of phenolic OH excluding ortho intramolecular Hbond substituents is 1. The SMILES string of the molecule is CCCCCc1cc2c(c(O)c1-c1ccncc1)-c1cc(C)ccc1C(C)(C)O2. The largest absolute Gasteiger partial charge is 0.506 e. The highest BCUT2D eigenvalue weighted by Crippen LogP contribution is 2.53. The number of hydrogen-bond donors (Lipinski definition) is 1. The molecular formula is C26H29NO2. The number of fused-ring (bicyclic) bond motifs is 3. The van der Waals surface area contributed by atoms with E-state index in [2.05, 4.69) is 56.9 Å². The van der Waals surface area contributed by atoms with Crippen molar-refractivity contribution in [3.63, 3.8) is 0 Å². The summed E-state index contributed by atoms with van der Waals surface area (Å²) in [5.41, 5.74) is 6.71. The fraction of sp³-hybridized carbons (Fsp3) is 0.346. The highest BCUT2D eigenvalue weighted by atomic mass is 16.5. The van der Waals surface area contributed by atoms with Crippen molar-refractivity contribution in [1.29, 1.82) is 0 Å². The van der Waals surface area contributed by atoms with E-state index in [4.69, 9.17) is 4.74 Å². The third-order valence-electron chi connectivity index (χ3n) is 5.82. The van der Waals surface area contributed by atoms with Gasteiger partial charge in [0.25, 0.3) is 0 Å². The van der Waals surface area contributed by atoms with E-state index in [1.165, 1.54) is 12.0 Å². The summed E-state index contributed by atoms with van der Waals surface area (Å²) in [5.74, 6) is 1.08. The maximum absolute atomic E-state index is 11.5. The molecule has 2 heterocycles. The lowest BCUT2D eigenvalue weighted by Crippen LogP contribution is -2.29. The Bertz CT molecular complexity index is 1040. The molecule has 0 saturated heterocycles. The number of aromatic hydroxyl groups is 1.